The maximum Gasteiger partial charge on any atom is 0.255 e. The van der Waals surface area contributed by atoms with Crippen molar-refractivity contribution in [2.75, 3.05) is 13.1 Å². The van der Waals surface area contributed by atoms with Crippen LogP contribution in [-0.2, 0) is 6.54 Å². The monoisotopic (exact) mass is 294 g/mol. The van der Waals surface area contributed by atoms with Gasteiger partial charge in [-0.05, 0) is 30.9 Å². The molecule has 1 aromatic carbocycles. The number of hydrogen-bond donors (Lipinski definition) is 0. The van der Waals surface area contributed by atoms with E-state index in [1.165, 1.54) is 0 Å². The van der Waals surface area contributed by atoms with Crippen molar-refractivity contribution in [3.63, 3.8) is 0 Å². The molecule has 1 amide bonds. The first-order valence-electron chi connectivity index (χ1n) is 7.52. The lowest BCUT2D eigenvalue weighted by Crippen LogP contribution is -2.41. The number of nitriles is 1. The summed E-state index contributed by atoms with van der Waals surface area (Å²) >= 11 is 0. The number of imidazole rings is 1. The normalized spacial score (nSPS) is 18.0. The summed E-state index contributed by atoms with van der Waals surface area (Å²) in [4.78, 5) is 18.6. The number of nitrogens with zero attached hydrogens (tertiary/aromatic N) is 4. The third-order valence-corrected chi connectivity index (χ3v) is 4.11. The Bertz CT molecular complexity index is 687. The van der Waals surface area contributed by atoms with Crippen LogP contribution in [0, 0.1) is 17.2 Å². The van der Waals surface area contributed by atoms with Gasteiger partial charge in [-0.15, -0.1) is 0 Å². The molecular weight excluding hydrogens is 276 g/mol. The average molecular weight is 294 g/mol. The topological polar surface area (TPSA) is 61.9 Å². The van der Waals surface area contributed by atoms with Crippen LogP contribution < -0.4 is 0 Å². The second kappa shape index (κ2) is 6.44. The SMILES string of the molecule is N#Cc1ccccc1C(=O)N1CCCC(Cn2ccnc2)C1. The van der Waals surface area contributed by atoms with Gasteiger partial charge in [0.2, 0.25) is 0 Å². The molecule has 1 fully saturated rings. The number of amides is 1. The van der Waals surface area contributed by atoms with Crippen molar-refractivity contribution in [3.05, 3.63) is 54.1 Å². The summed E-state index contributed by atoms with van der Waals surface area (Å²) < 4.78 is 2.06. The minimum atomic E-state index is -0.0347. The summed E-state index contributed by atoms with van der Waals surface area (Å²) in [7, 11) is 0. The molecular formula is C17H18N4O. The van der Waals surface area contributed by atoms with Gasteiger partial charge < -0.3 is 9.47 Å². The Morgan fingerprint density at radius 2 is 2.27 bits per heavy atom. The molecule has 1 aliphatic heterocycles. The second-order valence-electron chi connectivity index (χ2n) is 5.68. The summed E-state index contributed by atoms with van der Waals surface area (Å²) in [6.07, 6.45) is 7.65. The highest BCUT2D eigenvalue weighted by molar-refractivity contribution is 5.96. The van der Waals surface area contributed by atoms with Gasteiger partial charge in [-0.1, -0.05) is 12.1 Å². The highest BCUT2D eigenvalue weighted by Crippen LogP contribution is 2.21. The molecule has 2 aromatic rings. The Balaban J connectivity index is 1.71. The molecule has 0 bridgehead atoms. The summed E-state index contributed by atoms with van der Waals surface area (Å²) in [5.41, 5.74) is 0.956. The highest BCUT2D eigenvalue weighted by atomic mass is 16.2. The van der Waals surface area contributed by atoms with Crippen LogP contribution in [-0.4, -0.2) is 33.4 Å². The van der Waals surface area contributed by atoms with E-state index in [0.717, 1.165) is 32.5 Å². The fourth-order valence-corrected chi connectivity index (χ4v) is 3.03. The highest BCUT2D eigenvalue weighted by Gasteiger charge is 2.25. The molecule has 1 aliphatic rings. The van der Waals surface area contributed by atoms with Gasteiger partial charge in [-0.3, -0.25) is 4.79 Å². The van der Waals surface area contributed by atoms with E-state index in [9.17, 15) is 4.79 Å². The van der Waals surface area contributed by atoms with E-state index >= 15 is 0 Å². The van der Waals surface area contributed by atoms with Gasteiger partial charge in [0.25, 0.3) is 5.91 Å². The minimum Gasteiger partial charge on any atom is -0.338 e. The van der Waals surface area contributed by atoms with Crippen LogP contribution in [0.25, 0.3) is 0 Å². The predicted octanol–water partition coefficient (Wildman–Crippen LogP) is 2.31. The second-order valence-corrected chi connectivity index (χ2v) is 5.68. The van der Waals surface area contributed by atoms with Crippen molar-refractivity contribution in [2.45, 2.75) is 19.4 Å². The Morgan fingerprint density at radius 1 is 1.41 bits per heavy atom. The summed E-state index contributed by atoms with van der Waals surface area (Å²) in [5, 5.41) is 9.16. The number of benzene rings is 1. The van der Waals surface area contributed by atoms with Crippen LogP contribution in [0.4, 0.5) is 0 Å². The fraction of sp³-hybridized carbons (Fsp3) is 0.353. The van der Waals surface area contributed by atoms with Crippen molar-refractivity contribution in [1.29, 1.82) is 5.26 Å². The first-order chi connectivity index (χ1) is 10.8. The van der Waals surface area contributed by atoms with Gasteiger partial charge >= 0.3 is 0 Å². The number of piperidine rings is 1. The maximum absolute atomic E-state index is 12.7. The molecule has 0 radical (unpaired) electrons. The number of carbonyl (C=O) groups excluding carboxylic acids is 1. The zero-order valence-corrected chi connectivity index (χ0v) is 12.4. The molecule has 5 nitrogen and oxygen atoms in total. The molecule has 0 spiro atoms. The van der Waals surface area contributed by atoms with Crippen LogP contribution in [0.2, 0.25) is 0 Å². The standard InChI is InChI=1S/C17H18N4O/c18-10-15-5-1-2-6-16(15)17(22)21-8-3-4-14(12-21)11-20-9-7-19-13-20/h1-2,5-7,9,13-14H,3-4,8,11-12H2. The van der Waals surface area contributed by atoms with E-state index in [4.69, 9.17) is 5.26 Å². The maximum atomic E-state index is 12.7. The quantitative estimate of drug-likeness (QED) is 0.872. The number of likely N-dealkylation sites (tertiary alicyclic amines) is 1. The molecule has 1 unspecified atom stereocenters. The van der Waals surface area contributed by atoms with E-state index in [0.29, 0.717) is 17.0 Å². The molecule has 1 atom stereocenters. The van der Waals surface area contributed by atoms with E-state index in [2.05, 4.69) is 15.6 Å². The van der Waals surface area contributed by atoms with E-state index < -0.39 is 0 Å². The molecule has 5 heteroatoms. The Labute approximate surface area is 129 Å². The van der Waals surface area contributed by atoms with Gasteiger partial charge in [0.05, 0.1) is 23.5 Å². The fourth-order valence-electron chi connectivity index (χ4n) is 3.03. The Hall–Kier alpha value is -2.61. The number of aromatic nitrogens is 2. The first kappa shape index (κ1) is 14.3. The molecule has 22 heavy (non-hydrogen) atoms. The van der Waals surface area contributed by atoms with E-state index in [1.807, 2.05) is 17.4 Å². The van der Waals surface area contributed by atoms with Crippen molar-refractivity contribution in [1.82, 2.24) is 14.5 Å². The molecule has 0 N–H and O–H groups in total. The number of rotatable bonds is 3. The van der Waals surface area contributed by atoms with Crippen LogP contribution in [0.3, 0.4) is 0 Å². The zero-order valence-electron chi connectivity index (χ0n) is 12.4. The van der Waals surface area contributed by atoms with Crippen molar-refractivity contribution < 1.29 is 4.79 Å². The van der Waals surface area contributed by atoms with E-state index in [1.54, 1.807) is 30.5 Å². The van der Waals surface area contributed by atoms with Crippen LogP contribution in [0.5, 0.6) is 0 Å². The van der Waals surface area contributed by atoms with Crippen molar-refractivity contribution in [2.24, 2.45) is 5.92 Å². The van der Waals surface area contributed by atoms with Crippen LogP contribution in [0.15, 0.2) is 43.0 Å². The summed E-state index contributed by atoms with van der Waals surface area (Å²) in [6, 6.07) is 9.13. The molecule has 1 aromatic heterocycles. The number of carbonyl (C=O) groups is 1. The predicted molar refractivity (Wildman–Crippen MR) is 82.0 cm³/mol. The minimum absolute atomic E-state index is 0.0347. The van der Waals surface area contributed by atoms with Gasteiger partial charge in [-0.2, -0.15) is 5.26 Å². The van der Waals surface area contributed by atoms with Crippen LogP contribution in [0.1, 0.15) is 28.8 Å². The molecule has 3 rings (SSSR count). The molecule has 2 heterocycles. The Kier molecular flexibility index (Phi) is 4.19. The smallest absolute Gasteiger partial charge is 0.255 e. The summed E-state index contributed by atoms with van der Waals surface area (Å²) in [6.45, 7) is 2.37. The van der Waals surface area contributed by atoms with Crippen LogP contribution >= 0.6 is 0 Å². The summed E-state index contributed by atoms with van der Waals surface area (Å²) in [5.74, 6) is 0.397. The van der Waals surface area contributed by atoms with Gasteiger partial charge in [0.15, 0.2) is 0 Å². The van der Waals surface area contributed by atoms with E-state index in [-0.39, 0.29) is 5.91 Å². The average Bonchev–Trinajstić information content (AvgIpc) is 3.07. The lowest BCUT2D eigenvalue weighted by atomic mass is 9.96. The third-order valence-electron chi connectivity index (χ3n) is 4.11. The lowest BCUT2D eigenvalue weighted by Gasteiger charge is -2.33. The molecule has 0 saturated carbocycles. The lowest BCUT2D eigenvalue weighted by molar-refractivity contribution is 0.0662. The number of hydrogen-bond acceptors (Lipinski definition) is 3. The Morgan fingerprint density at radius 3 is 3.05 bits per heavy atom. The largest absolute Gasteiger partial charge is 0.338 e. The van der Waals surface area contributed by atoms with Crippen molar-refractivity contribution >= 4 is 5.91 Å². The molecule has 1 saturated heterocycles. The molecule has 0 aliphatic carbocycles. The zero-order chi connectivity index (χ0) is 15.4. The molecule has 112 valence electrons. The van der Waals surface area contributed by atoms with Gasteiger partial charge in [0, 0.05) is 32.0 Å². The van der Waals surface area contributed by atoms with Gasteiger partial charge in [0.1, 0.15) is 0 Å². The first-order valence-corrected chi connectivity index (χ1v) is 7.52. The van der Waals surface area contributed by atoms with Gasteiger partial charge in [-0.25, -0.2) is 4.98 Å². The van der Waals surface area contributed by atoms with Crippen molar-refractivity contribution in [3.8, 4) is 6.07 Å². The third kappa shape index (κ3) is 3.01.